The van der Waals surface area contributed by atoms with Crippen molar-refractivity contribution < 1.29 is 18.0 Å². The first-order valence-electron chi connectivity index (χ1n) is 12.1. The Balaban J connectivity index is 1.46. The van der Waals surface area contributed by atoms with E-state index >= 15 is 0 Å². The number of carbonyl (C=O) groups is 2. The number of benzene rings is 3. The predicted octanol–water partition coefficient (Wildman–Crippen LogP) is 4.16. The number of piperazine rings is 1. The van der Waals surface area contributed by atoms with E-state index in [0.29, 0.717) is 25.2 Å². The summed E-state index contributed by atoms with van der Waals surface area (Å²) in [5.74, 6) is -0.559. The van der Waals surface area contributed by atoms with Crippen LogP contribution in [0.2, 0.25) is 0 Å². The van der Waals surface area contributed by atoms with E-state index in [1.165, 1.54) is 28.7 Å². The molecule has 2 aliphatic rings. The summed E-state index contributed by atoms with van der Waals surface area (Å²) in [6.45, 7) is 8.03. The second-order valence-corrected chi connectivity index (χ2v) is 11.3. The zero-order chi connectivity index (χ0) is 25.6. The third-order valence-electron chi connectivity index (χ3n) is 7.00. The van der Waals surface area contributed by atoms with Gasteiger partial charge >= 0.3 is 0 Å². The second-order valence-electron chi connectivity index (χ2n) is 9.36. The average molecular weight is 504 g/mol. The molecule has 0 N–H and O–H groups in total. The maximum Gasteiger partial charge on any atom is 0.259 e. The molecule has 8 heteroatoms. The Morgan fingerprint density at radius 2 is 1.75 bits per heavy atom. The van der Waals surface area contributed by atoms with Gasteiger partial charge in [-0.25, -0.2) is 8.42 Å². The van der Waals surface area contributed by atoms with Crippen LogP contribution in [-0.4, -0.2) is 57.4 Å². The first-order chi connectivity index (χ1) is 17.2. The van der Waals surface area contributed by atoms with Gasteiger partial charge in [-0.05, 0) is 68.8 Å². The molecule has 0 bridgehead atoms. The smallest absolute Gasteiger partial charge is 0.259 e. The van der Waals surface area contributed by atoms with Crippen LogP contribution in [0.3, 0.4) is 0 Å². The summed E-state index contributed by atoms with van der Waals surface area (Å²) in [6.07, 6.45) is 0. The summed E-state index contributed by atoms with van der Waals surface area (Å²) < 4.78 is 26.9. The molecule has 0 aliphatic carbocycles. The van der Waals surface area contributed by atoms with Crippen LogP contribution in [-0.2, 0) is 9.84 Å². The van der Waals surface area contributed by atoms with Crippen LogP contribution in [0, 0.1) is 6.92 Å². The highest BCUT2D eigenvalue weighted by molar-refractivity contribution is 7.91. The summed E-state index contributed by atoms with van der Waals surface area (Å²) in [4.78, 5) is 32.4. The molecular weight excluding hydrogens is 474 g/mol. The standard InChI is InChI=1S/C28H29N3O4S/c1-4-30-24-17-21(12-13-26(24)36(34,35)25-11-6-5-10-23(25)28(30)33)27(32)29-14-15-31(20(3)18-29)22-9-7-8-19(2)16-22/h5-13,16-17,20H,4,14-15,18H2,1-3H3. The molecule has 0 aromatic heterocycles. The van der Waals surface area contributed by atoms with Crippen molar-refractivity contribution in [1.29, 1.82) is 0 Å². The zero-order valence-electron chi connectivity index (χ0n) is 20.6. The van der Waals surface area contributed by atoms with E-state index in [1.807, 2.05) is 6.07 Å². The number of sulfone groups is 1. The summed E-state index contributed by atoms with van der Waals surface area (Å²) in [7, 11) is -3.93. The first-order valence-corrected chi connectivity index (χ1v) is 13.6. The van der Waals surface area contributed by atoms with Gasteiger partial charge in [0, 0.05) is 43.5 Å². The number of amides is 2. The topological polar surface area (TPSA) is 78.0 Å². The minimum Gasteiger partial charge on any atom is -0.365 e. The van der Waals surface area contributed by atoms with Gasteiger partial charge in [0.25, 0.3) is 11.8 Å². The van der Waals surface area contributed by atoms with Gasteiger partial charge in [0.1, 0.15) is 0 Å². The molecule has 1 saturated heterocycles. The van der Waals surface area contributed by atoms with Gasteiger partial charge in [0.15, 0.2) is 0 Å². The van der Waals surface area contributed by atoms with Crippen molar-refractivity contribution in [3.8, 4) is 0 Å². The lowest BCUT2D eigenvalue weighted by Crippen LogP contribution is -2.53. The number of carbonyl (C=O) groups excluding carboxylic acids is 2. The summed E-state index contributed by atoms with van der Waals surface area (Å²) in [5.41, 5.74) is 3.09. The highest BCUT2D eigenvalue weighted by Crippen LogP contribution is 2.37. The molecular formula is C28H29N3O4S. The quantitative estimate of drug-likeness (QED) is 0.536. The summed E-state index contributed by atoms with van der Waals surface area (Å²) in [5, 5.41) is 0. The number of fused-ring (bicyclic) bond motifs is 2. The summed E-state index contributed by atoms with van der Waals surface area (Å²) >= 11 is 0. The minimum absolute atomic E-state index is 0.00706. The van der Waals surface area contributed by atoms with E-state index in [2.05, 4.69) is 36.9 Å². The van der Waals surface area contributed by atoms with E-state index in [1.54, 1.807) is 36.1 Å². The number of anilines is 2. The van der Waals surface area contributed by atoms with Crippen LogP contribution in [0.5, 0.6) is 0 Å². The molecule has 1 fully saturated rings. The van der Waals surface area contributed by atoms with Crippen LogP contribution in [0.15, 0.2) is 76.5 Å². The number of aryl methyl sites for hydroxylation is 1. The molecule has 1 atom stereocenters. The van der Waals surface area contributed by atoms with Crippen molar-refractivity contribution in [3.63, 3.8) is 0 Å². The maximum absolute atomic E-state index is 13.5. The van der Waals surface area contributed by atoms with Crippen molar-refractivity contribution >= 4 is 33.0 Å². The number of rotatable bonds is 3. The lowest BCUT2D eigenvalue weighted by atomic mass is 10.1. The van der Waals surface area contributed by atoms with Crippen LogP contribution in [0.25, 0.3) is 0 Å². The van der Waals surface area contributed by atoms with Crippen LogP contribution < -0.4 is 9.80 Å². The number of nitrogens with zero attached hydrogens (tertiary/aromatic N) is 3. The Morgan fingerprint density at radius 1 is 0.972 bits per heavy atom. The fraction of sp³-hybridized carbons (Fsp3) is 0.286. The second kappa shape index (κ2) is 9.09. The largest absolute Gasteiger partial charge is 0.365 e. The molecule has 36 heavy (non-hydrogen) atoms. The molecule has 1 unspecified atom stereocenters. The third kappa shape index (κ3) is 3.95. The van der Waals surface area contributed by atoms with E-state index < -0.39 is 9.84 Å². The number of hydrogen-bond acceptors (Lipinski definition) is 5. The van der Waals surface area contributed by atoms with E-state index in [9.17, 15) is 18.0 Å². The minimum atomic E-state index is -3.93. The van der Waals surface area contributed by atoms with E-state index in [4.69, 9.17) is 0 Å². The molecule has 7 nitrogen and oxygen atoms in total. The first kappa shape index (κ1) is 24.1. The Hall–Kier alpha value is -3.65. The Morgan fingerprint density at radius 3 is 2.47 bits per heavy atom. The normalized spacial score (nSPS) is 18.9. The zero-order valence-corrected chi connectivity index (χ0v) is 21.5. The van der Waals surface area contributed by atoms with Gasteiger partial charge in [0.05, 0.1) is 21.0 Å². The summed E-state index contributed by atoms with van der Waals surface area (Å²) in [6, 6.07) is 19.3. The molecule has 5 rings (SSSR count). The highest BCUT2D eigenvalue weighted by Gasteiger charge is 2.36. The van der Waals surface area contributed by atoms with Crippen LogP contribution in [0.1, 0.15) is 40.1 Å². The lowest BCUT2D eigenvalue weighted by Gasteiger charge is -2.41. The van der Waals surface area contributed by atoms with Crippen molar-refractivity contribution in [3.05, 3.63) is 83.4 Å². The SMILES string of the molecule is CCN1C(=O)c2ccccc2S(=O)(=O)c2ccc(C(=O)N3CCN(c4cccc(C)c4)C(C)C3)cc21. The van der Waals surface area contributed by atoms with Gasteiger partial charge in [-0.2, -0.15) is 0 Å². The maximum atomic E-state index is 13.5. The van der Waals surface area contributed by atoms with Crippen LogP contribution in [0.4, 0.5) is 11.4 Å². The van der Waals surface area contributed by atoms with Crippen molar-refractivity contribution in [2.24, 2.45) is 0 Å². The molecule has 0 radical (unpaired) electrons. The van der Waals surface area contributed by atoms with E-state index in [-0.39, 0.29) is 45.4 Å². The predicted molar refractivity (Wildman–Crippen MR) is 140 cm³/mol. The lowest BCUT2D eigenvalue weighted by molar-refractivity contribution is 0.0726. The monoisotopic (exact) mass is 503 g/mol. The Labute approximate surface area is 211 Å². The van der Waals surface area contributed by atoms with Gasteiger partial charge in [-0.1, -0.05) is 24.3 Å². The highest BCUT2D eigenvalue weighted by atomic mass is 32.2. The number of hydrogen-bond donors (Lipinski definition) is 0. The molecule has 2 aliphatic heterocycles. The van der Waals surface area contributed by atoms with Crippen molar-refractivity contribution in [2.75, 3.05) is 36.0 Å². The fourth-order valence-electron chi connectivity index (χ4n) is 5.17. The fourth-order valence-corrected chi connectivity index (χ4v) is 6.80. The van der Waals surface area contributed by atoms with Gasteiger partial charge in [-0.3, -0.25) is 9.59 Å². The average Bonchev–Trinajstić information content (AvgIpc) is 2.94. The molecule has 2 amide bonds. The Kier molecular flexibility index (Phi) is 6.08. The third-order valence-corrected chi connectivity index (χ3v) is 8.86. The molecule has 3 aromatic rings. The van der Waals surface area contributed by atoms with Crippen molar-refractivity contribution in [2.45, 2.75) is 36.6 Å². The molecule has 0 saturated carbocycles. The molecule has 186 valence electrons. The van der Waals surface area contributed by atoms with Gasteiger partial charge in [-0.15, -0.1) is 0 Å². The molecule has 2 heterocycles. The molecule has 0 spiro atoms. The Bertz CT molecular complexity index is 1470. The van der Waals surface area contributed by atoms with Crippen molar-refractivity contribution in [1.82, 2.24) is 4.90 Å². The van der Waals surface area contributed by atoms with Gasteiger partial charge < -0.3 is 14.7 Å². The van der Waals surface area contributed by atoms with E-state index in [0.717, 1.165) is 5.69 Å². The van der Waals surface area contributed by atoms with Crippen LogP contribution >= 0.6 is 0 Å². The van der Waals surface area contributed by atoms with Gasteiger partial charge in [0.2, 0.25) is 9.84 Å². The molecule has 3 aromatic carbocycles.